The summed E-state index contributed by atoms with van der Waals surface area (Å²) in [5.41, 5.74) is 2.42. The van der Waals surface area contributed by atoms with Crippen molar-refractivity contribution in [3.05, 3.63) is 90.3 Å². The number of rotatable bonds is 7. The lowest BCUT2D eigenvalue weighted by Crippen LogP contribution is -2.51. The first-order chi connectivity index (χ1) is 16.1. The monoisotopic (exact) mass is 444 g/mol. The molecule has 2 aromatic carbocycles. The van der Waals surface area contributed by atoms with E-state index in [-0.39, 0.29) is 18.4 Å². The number of carbonyl (C=O) groups is 2. The van der Waals surface area contributed by atoms with Gasteiger partial charge in [0.05, 0.1) is 7.11 Å². The van der Waals surface area contributed by atoms with Crippen LogP contribution in [0.5, 0.6) is 5.75 Å². The molecule has 0 aliphatic carbocycles. The SMILES string of the molecule is COc1ccc(C(=O)N(CC(=O)N2CCN(Cc3ccncc3)CC2)c2ccccc2)cc1. The number of ether oxygens (including phenoxy) is 1. The standard InChI is InChI=1S/C26H28N4O3/c1-33-24-9-7-22(8-10-24)26(32)30(23-5-3-2-4-6-23)20-25(31)29-17-15-28(16-18-29)19-21-11-13-27-14-12-21/h2-14H,15-20H2,1H3. The van der Waals surface area contributed by atoms with E-state index in [0.29, 0.717) is 30.1 Å². The third kappa shape index (κ3) is 5.75. The molecule has 0 saturated carbocycles. The van der Waals surface area contributed by atoms with Crippen molar-refractivity contribution >= 4 is 17.5 Å². The summed E-state index contributed by atoms with van der Waals surface area (Å²) in [5.74, 6) is 0.413. The number of amides is 2. The van der Waals surface area contributed by atoms with E-state index in [1.54, 1.807) is 48.7 Å². The maximum absolute atomic E-state index is 13.3. The van der Waals surface area contributed by atoms with Crippen LogP contribution in [0.25, 0.3) is 0 Å². The molecule has 1 aliphatic rings. The number of para-hydroxylation sites is 1. The van der Waals surface area contributed by atoms with Gasteiger partial charge in [-0.2, -0.15) is 0 Å². The van der Waals surface area contributed by atoms with E-state index < -0.39 is 0 Å². The minimum atomic E-state index is -0.214. The second-order valence-electron chi connectivity index (χ2n) is 7.97. The molecule has 1 saturated heterocycles. The van der Waals surface area contributed by atoms with Crippen LogP contribution in [0.4, 0.5) is 5.69 Å². The summed E-state index contributed by atoms with van der Waals surface area (Å²) in [6.07, 6.45) is 3.60. The van der Waals surface area contributed by atoms with Crippen molar-refractivity contribution < 1.29 is 14.3 Å². The Morgan fingerprint density at radius 1 is 0.909 bits per heavy atom. The molecular weight excluding hydrogens is 416 g/mol. The fourth-order valence-electron chi connectivity index (χ4n) is 3.91. The van der Waals surface area contributed by atoms with Crippen molar-refractivity contribution in [1.82, 2.24) is 14.8 Å². The van der Waals surface area contributed by atoms with Gasteiger partial charge in [-0.15, -0.1) is 0 Å². The van der Waals surface area contributed by atoms with Crippen LogP contribution in [0.15, 0.2) is 79.1 Å². The highest BCUT2D eigenvalue weighted by atomic mass is 16.5. The first kappa shape index (κ1) is 22.5. The topological polar surface area (TPSA) is 66.0 Å². The molecule has 7 heteroatoms. The minimum Gasteiger partial charge on any atom is -0.497 e. The number of hydrogen-bond donors (Lipinski definition) is 0. The lowest BCUT2D eigenvalue weighted by atomic mass is 10.1. The Hall–Kier alpha value is -3.71. The third-order valence-corrected chi connectivity index (χ3v) is 5.82. The molecule has 1 fully saturated rings. The smallest absolute Gasteiger partial charge is 0.258 e. The Bertz CT molecular complexity index is 1050. The molecule has 1 aromatic heterocycles. The Kier molecular flexibility index (Phi) is 7.32. The van der Waals surface area contributed by atoms with Gasteiger partial charge in [0.25, 0.3) is 5.91 Å². The predicted octanol–water partition coefficient (Wildman–Crippen LogP) is 3.08. The van der Waals surface area contributed by atoms with E-state index in [4.69, 9.17) is 4.74 Å². The van der Waals surface area contributed by atoms with E-state index in [1.165, 1.54) is 5.56 Å². The van der Waals surface area contributed by atoms with Gasteiger partial charge in [0.15, 0.2) is 0 Å². The van der Waals surface area contributed by atoms with Crippen LogP contribution in [-0.4, -0.2) is 66.4 Å². The first-order valence-corrected chi connectivity index (χ1v) is 11.0. The summed E-state index contributed by atoms with van der Waals surface area (Å²) in [5, 5.41) is 0. The summed E-state index contributed by atoms with van der Waals surface area (Å²) in [7, 11) is 1.59. The lowest BCUT2D eigenvalue weighted by Gasteiger charge is -2.36. The predicted molar refractivity (Wildman–Crippen MR) is 127 cm³/mol. The molecular formula is C26H28N4O3. The largest absolute Gasteiger partial charge is 0.497 e. The Morgan fingerprint density at radius 2 is 1.58 bits per heavy atom. The van der Waals surface area contributed by atoms with Gasteiger partial charge in [-0.25, -0.2) is 0 Å². The van der Waals surface area contributed by atoms with Crippen LogP contribution in [0.2, 0.25) is 0 Å². The lowest BCUT2D eigenvalue weighted by molar-refractivity contribution is -0.131. The van der Waals surface area contributed by atoms with Gasteiger partial charge in [0.1, 0.15) is 12.3 Å². The second kappa shape index (κ2) is 10.7. The highest BCUT2D eigenvalue weighted by Crippen LogP contribution is 2.19. The number of carbonyl (C=O) groups excluding carboxylic acids is 2. The molecule has 170 valence electrons. The Labute approximate surface area is 194 Å². The average Bonchev–Trinajstić information content (AvgIpc) is 2.88. The van der Waals surface area contributed by atoms with Crippen molar-refractivity contribution in [2.75, 3.05) is 44.7 Å². The van der Waals surface area contributed by atoms with E-state index in [0.717, 1.165) is 19.6 Å². The number of pyridine rings is 1. The Balaban J connectivity index is 1.42. The highest BCUT2D eigenvalue weighted by molar-refractivity contribution is 6.08. The molecule has 4 rings (SSSR count). The molecule has 0 atom stereocenters. The second-order valence-corrected chi connectivity index (χ2v) is 7.97. The zero-order chi connectivity index (χ0) is 23.0. The van der Waals surface area contributed by atoms with Crippen LogP contribution in [-0.2, 0) is 11.3 Å². The van der Waals surface area contributed by atoms with Gasteiger partial charge in [-0.1, -0.05) is 18.2 Å². The summed E-state index contributed by atoms with van der Waals surface area (Å²) in [6, 6.07) is 20.3. The van der Waals surface area contributed by atoms with Crippen LogP contribution >= 0.6 is 0 Å². The van der Waals surface area contributed by atoms with Crippen molar-refractivity contribution in [2.24, 2.45) is 0 Å². The van der Waals surface area contributed by atoms with Gasteiger partial charge in [0, 0.05) is 56.4 Å². The molecule has 33 heavy (non-hydrogen) atoms. The maximum atomic E-state index is 13.3. The van der Waals surface area contributed by atoms with E-state index >= 15 is 0 Å². The average molecular weight is 445 g/mol. The molecule has 2 heterocycles. The summed E-state index contributed by atoms with van der Waals surface area (Å²) in [6.45, 7) is 3.72. The normalized spacial score (nSPS) is 14.0. The molecule has 1 aliphatic heterocycles. The van der Waals surface area contributed by atoms with Crippen molar-refractivity contribution in [2.45, 2.75) is 6.54 Å². The number of anilines is 1. The third-order valence-electron chi connectivity index (χ3n) is 5.82. The number of hydrogen-bond acceptors (Lipinski definition) is 5. The zero-order valence-electron chi connectivity index (χ0n) is 18.8. The molecule has 0 bridgehead atoms. The van der Waals surface area contributed by atoms with Crippen molar-refractivity contribution in [3.8, 4) is 5.75 Å². The van der Waals surface area contributed by atoms with Gasteiger partial charge >= 0.3 is 0 Å². The van der Waals surface area contributed by atoms with Crippen LogP contribution in [0.1, 0.15) is 15.9 Å². The van der Waals surface area contributed by atoms with Crippen LogP contribution in [0, 0.1) is 0 Å². The fraction of sp³-hybridized carbons (Fsp3) is 0.269. The molecule has 0 spiro atoms. The van der Waals surface area contributed by atoms with E-state index in [9.17, 15) is 9.59 Å². The van der Waals surface area contributed by atoms with E-state index in [2.05, 4.69) is 9.88 Å². The summed E-state index contributed by atoms with van der Waals surface area (Å²) < 4.78 is 5.19. The van der Waals surface area contributed by atoms with Gasteiger partial charge in [-0.05, 0) is 54.1 Å². The van der Waals surface area contributed by atoms with Crippen molar-refractivity contribution in [3.63, 3.8) is 0 Å². The Morgan fingerprint density at radius 3 is 2.21 bits per heavy atom. The number of benzene rings is 2. The quantitative estimate of drug-likeness (QED) is 0.560. The number of methoxy groups -OCH3 is 1. The number of piperazine rings is 1. The minimum absolute atomic E-state index is 0.000763. The van der Waals surface area contributed by atoms with Gasteiger partial charge in [0.2, 0.25) is 5.91 Å². The van der Waals surface area contributed by atoms with Crippen LogP contribution in [0.3, 0.4) is 0 Å². The summed E-state index contributed by atoms with van der Waals surface area (Å²) >= 11 is 0. The number of aromatic nitrogens is 1. The molecule has 0 unspecified atom stereocenters. The highest BCUT2D eigenvalue weighted by Gasteiger charge is 2.26. The molecule has 0 N–H and O–H groups in total. The summed E-state index contributed by atoms with van der Waals surface area (Å²) in [4.78, 5) is 36.3. The van der Waals surface area contributed by atoms with Gasteiger partial charge < -0.3 is 9.64 Å². The van der Waals surface area contributed by atoms with Gasteiger partial charge in [-0.3, -0.25) is 24.4 Å². The molecule has 2 amide bonds. The molecule has 3 aromatic rings. The number of nitrogens with zero attached hydrogens (tertiary/aromatic N) is 4. The maximum Gasteiger partial charge on any atom is 0.258 e. The van der Waals surface area contributed by atoms with E-state index in [1.807, 2.05) is 47.4 Å². The first-order valence-electron chi connectivity index (χ1n) is 11.0. The zero-order valence-corrected chi connectivity index (χ0v) is 18.8. The molecule has 7 nitrogen and oxygen atoms in total. The van der Waals surface area contributed by atoms with Crippen molar-refractivity contribution in [1.29, 1.82) is 0 Å². The van der Waals surface area contributed by atoms with Crippen LogP contribution < -0.4 is 9.64 Å². The fourth-order valence-corrected chi connectivity index (χ4v) is 3.91. The molecule has 0 radical (unpaired) electrons.